The van der Waals surface area contributed by atoms with Gasteiger partial charge in [-0.1, -0.05) is 89.2 Å². The molecule has 3 aromatic carbocycles. The highest BCUT2D eigenvalue weighted by Gasteiger charge is 2.34. The van der Waals surface area contributed by atoms with Crippen LogP contribution in [0.4, 0.5) is 0 Å². The highest BCUT2D eigenvalue weighted by Crippen LogP contribution is 2.51. The van der Waals surface area contributed by atoms with E-state index in [2.05, 4.69) is 88.4 Å². The molecule has 1 atom stereocenters. The molecule has 0 aliphatic carbocycles. The van der Waals surface area contributed by atoms with E-state index in [1.165, 1.54) is 22.0 Å². The van der Waals surface area contributed by atoms with Gasteiger partial charge in [0, 0.05) is 36.0 Å². The van der Waals surface area contributed by atoms with E-state index in [4.69, 9.17) is 14.5 Å². The quantitative estimate of drug-likeness (QED) is 0.189. The summed E-state index contributed by atoms with van der Waals surface area (Å²) in [5.74, 6) is 0.957. The number of nitrogens with zero attached hydrogens (tertiary/aromatic N) is 1. The predicted molar refractivity (Wildman–Crippen MR) is 143 cm³/mol. The van der Waals surface area contributed by atoms with E-state index in [1.54, 1.807) is 7.11 Å². The van der Waals surface area contributed by atoms with E-state index in [1.807, 2.05) is 13.1 Å². The lowest BCUT2D eigenvalue weighted by Crippen LogP contribution is -2.27. The van der Waals surface area contributed by atoms with E-state index < -0.39 is 0 Å². The summed E-state index contributed by atoms with van der Waals surface area (Å²) in [6, 6.07) is 23.6. The van der Waals surface area contributed by atoms with Crippen molar-refractivity contribution in [1.82, 2.24) is 0 Å². The zero-order valence-electron chi connectivity index (χ0n) is 20.7. The monoisotopic (exact) mass is 461 g/mol. The molecule has 0 saturated heterocycles. The van der Waals surface area contributed by atoms with Crippen LogP contribution in [0.1, 0.15) is 54.5 Å². The number of rotatable bonds is 10. The second-order valence-electron chi connectivity index (χ2n) is 8.35. The molecule has 3 rings (SSSR count). The van der Waals surface area contributed by atoms with Crippen molar-refractivity contribution >= 4 is 19.6 Å². The number of ether oxygens (including phenoxy) is 2. The molecule has 0 radical (unpaired) electrons. The number of hydrogen-bond acceptors (Lipinski definition) is 3. The molecule has 174 valence electrons. The first-order valence-electron chi connectivity index (χ1n) is 11.6. The Morgan fingerprint density at radius 3 is 2.18 bits per heavy atom. The van der Waals surface area contributed by atoms with Gasteiger partial charge in [0.1, 0.15) is 5.75 Å². The SMILES string of the molecule is CCC(CC)(Pc1c(C)cccc1/C(=N/C)c1ccccc1)c1cccc(C)c1OCOC. The fourth-order valence-corrected chi connectivity index (χ4v) is 6.27. The minimum Gasteiger partial charge on any atom is -0.467 e. The van der Waals surface area contributed by atoms with Gasteiger partial charge in [0.25, 0.3) is 0 Å². The Bertz CT molecular complexity index is 1090. The Hall–Kier alpha value is -2.48. The van der Waals surface area contributed by atoms with E-state index in [9.17, 15) is 0 Å². The van der Waals surface area contributed by atoms with Crippen LogP contribution in [0, 0.1) is 13.8 Å². The lowest BCUT2D eigenvalue weighted by atomic mass is 9.90. The van der Waals surface area contributed by atoms with Gasteiger partial charge in [-0.3, -0.25) is 4.99 Å². The van der Waals surface area contributed by atoms with Gasteiger partial charge in [-0.15, -0.1) is 0 Å². The molecule has 0 aromatic heterocycles. The van der Waals surface area contributed by atoms with Gasteiger partial charge in [0.05, 0.1) is 5.71 Å². The third-order valence-electron chi connectivity index (χ3n) is 6.42. The maximum atomic E-state index is 6.12. The molecule has 0 amide bonds. The van der Waals surface area contributed by atoms with Crippen LogP contribution in [-0.4, -0.2) is 26.7 Å². The van der Waals surface area contributed by atoms with Gasteiger partial charge in [0.15, 0.2) is 6.79 Å². The third-order valence-corrected chi connectivity index (χ3v) is 8.79. The van der Waals surface area contributed by atoms with Crippen molar-refractivity contribution in [2.45, 2.75) is 45.7 Å². The van der Waals surface area contributed by atoms with Crippen molar-refractivity contribution in [3.63, 3.8) is 0 Å². The van der Waals surface area contributed by atoms with Gasteiger partial charge in [-0.25, -0.2) is 0 Å². The summed E-state index contributed by atoms with van der Waals surface area (Å²) in [4.78, 5) is 4.74. The van der Waals surface area contributed by atoms with E-state index in [0.29, 0.717) is 8.58 Å². The van der Waals surface area contributed by atoms with Crippen molar-refractivity contribution in [3.8, 4) is 5.75 Å². The van der Waals surface area contributed by atoms with Crippen LogP contribution < -0.4 is 10.0 Å². The zero-order valence-corrected chi connectivity index (χ0v) is 21.7. The molecule has 0 fully saturated rings. The van der Waals surface area contributed by atoms with Crippen LogP contribution in [0.5, 0.6) is 5.75 Å². The topological polar surface area (TPSA) is 30.8 Å². The minimum absolute atomic E-state index is 0.0362. The normalized spacial score (nSPS) is 12.5. The Balaban J connectivity index is 2.16. The first-order chi connectivity index (χ1) is 16.0. The third kappa shape index (κ3) is 5.37. The van der Waals surface area contributed by atoms with Crippen LogP contribution in [0.25, 0.3) is 0 Å². The highest BCUT2D eigenvalue weighted by molar-refractivity contribution is 7.49. The minimum atomic E-state index is -0.0362. The van der Waals surface area contributed by atoms with E-state index >= 15 is 0 Å². The molecular weight excluding hydrogens is 425 g/mol. The molecule has 0 N–H and O–H groups in total. The van der Waals surface area contributed by atoms with Crippen LogP contribution in [0.2, 0.25) is 0 Å². The second kappa shape index (κ2) is 11.6. The average Bonchev–Trinajstić information content (AvgIpc) is 2.84. The van der Waals surface area contributed by atoms with E-state index in [-0.39, 0.29) is 11.9 Å². The average molecular weight is 462 g/mol. The molecule has 0 heterocycles. The smallest absolute Gasteiger partial charge is 0.188 e. The Morgan fingerprint density at radius 2 is 1.55 bits per heavy atom. The summed E-state index contributed by atoms with van der Waals surface area (Å²) in [5, 5.41) is 1.34. The molecule has 1 unspecified atom stereocenters. The number of para-hydroxylation sites is 1. The van der Waals surface area contributed by atoms with Gasteiger partial charge >= 0.3 is 0 Å². The molecule has 0 bridgehead atoms. The lowest BCUT2D eigenvalue weighted by Gasteiger charge is -2.36. The largest absolute Gasteiger partial charge is 0.467 e. The van der Waals surface area contributed by atoms with Crippen LogP contribution in [-0.2, 0) is 9.89 Å². The Labute approximate surface area is 201 Å². The predicted octanol–water partition coefficient (Wildman–Crippen LogP) is 6.77. The summed E-state index contributed by atoms with van der Waals surface area (Å²) in [6.45, 7) is 9.18. The van der Waals surface area contributed by atoms with Crippen molar-refractivity contribution in [2.24, 2.45) is 4.99 Å². The highest BCUT2D eigenvalue weighted by atomic mass is 31.1. The summed E-state index contributed by atoms with van der Waals surface area (Å²) in [5.41, 5.74) is 7.14. The summed E-state index contributed by atoms with van der Waals surface area (Å²) >= 11 is 0. The lowest BCUT2D eigenvalue weighted by molar-refractivity contribution is 0.0494. The van der Waals surface area contributed by atoms with Gasteiger partial charge in [0.2, 0.25) is 0 Å². The maximum Gasteiger partial charge on any atom is 0.188 e. The first kappa shape index (κ1) is 25.1. The standard InChI is InChI=1S/C29H36NO2P/c1-7-29(8-2,25-19-13-14-21(3)27(25)32-20-31-6)33-28-22(4)15-12-18-24(28)26(30-5)23-16-10-9-11-17-23/h9-19,33H,7-8,20H2,1-6H3/b30-26+. The van der Waals surface area contributed by atoms with Gasteiger partial charge < -0.3 is 9.47 Å². The molecule has 3 aromatic rings. The molecule has 0 aliphatic heterocycles. The first-order valence-corrected chi connectivity index (χ1v) is 12.6. The van der Waals surface area contributed by atoms with Gasteiger partial charge in [-0.2, -0.15) is 0 Å². The molecule has 4 heteroatoms. The fraction of sp³-hybridized carbons (Fsp3) is 0.345. The zero-order chi connectivity index (χ0) is 23.8. The molecule has 0 spiro atoms. The molecule has 0 saturated carbocycles. The number of aliphatic imine (C=N–C) groups is 1. The van der Waals surface area contributed by atoms with Crippen LogP contribution in [0.3, 0.4) is 0 Å². The molecule has 0 aliphatic rings. The van der Waals surface area contributed by atoms with Crippen LogP contribution in [0.15, 0.2) is 71.7 Å². The van der Waals surface area contributed by atoms with Crippen molar-refractivity contribution in [3.05, 3.63) is 94.5 Å². The van der Waals surface area contributed by atoms with Crippen LogP contribution >= 0.6 is 8.58 Å². The van der Waals surface area contributed by atoms with Crippen molar-refractivity contribution in [1.29, 1.82) is 0 Å². The molecule has 33 heavy (non-hydrogen) atoms. The number of benzene rings is 3. The number of methoxy groups -OCH3 is 1. The molecular formula is C29H36NO2P. The maximum absolute atomic E-state index is 6.12. The summed E-state index contributed by atoms with van der Waals surface area (Å²) in [7, 11) is 4.14. The number of aryl methyl sites for hydroxylation is 2. The second-order valence-corrected chi connectivity index (χ2v) is 10.1. The van der Waals surface area contributed by atoms with Gasteiger partial charge in [-0.05, 0) is 43.1 Å². The van der Waals surface area contributed by atoms with Crippen molar-refractivity contribution < 1.29 is 9.47 Å². The Kier molecular flexibility index (Phi) is 8.83. The number of hydrogen-bond donors (Lipinski definition) is 0. The summed E-state index contributed by atoms with van der Waals surface area (Å²) in [6.07, 6.45) is 2.04. The van der Waals surface area contributed by atoms with Crippen molar-refractivity contribution in [2.75, 3.05) is 21.0 Å². The Morgan fingerprint density at radius 1 is 0.879 bits per heavy atom. The summed E-state index contributed by atoms with van der Waals surface area (Å²) < 4.78 is 11.4. The molecule has 3 nitrogen and oxygen atoms in total. The fourth-order valence-electron chi connectivity index (χ4n) is 4.49. The van der Waals surface area contributed by atoms with E-state index in [0.717, 1.165) is 35.4 Å².